The highest BCUT2D eigenvalue weighted by atomic mass is 79.9. The fraction of sp³-hybridized carbons (Fsp3) is 0.600. The molecule has 0 saturated heterocycles. The lowest BCUT2D eigenvalue weighted by atomic mass is 10.1. The SMILES string of the molecule is CC(C)N(CCBr)CCCCc1ccccc1. The average Bonchev–Trinajstić information content (AvgIpc) is 2.34. The minimum absolute atomic E-state index is 0.657. The Morgan fingerprint density at radius 3 is 2.35 bits per heavy atom. The maximum absolute atomic E-state index is 3.52. The van der Waals surface area contributed by atoms with Gasteiger partial charge in [-0.3, -0.25) is 0 Å². The van der Waals surface area contributed by atoms with Gasteiger partial charge in [0.2, 0.25) is 0 Å². The normalized spacial score (nSPS) is 11.4. The minimum atomic E-state index is 0.657. The van der Waals surface area contributed by atoms with Crippen LogP contribution in [-0.4, -0.2) is 29.4 Å². The van der Waals surface area contributed by atoms with Gasteiger partial charge in [-0.15, -0.1) is 0 Å². The first-order valence-corrected chi connectivity index (χ1v) is 7.70. The molecule has 0 aliphatic carbocycles. The van der Waals surface area contributed by atoms with E-state index in [1.807, 2.05) is 0 Å². The van der Waals surface area contributed by atoms with Crippen LogP contribution >= 0.6 is 15.9 Å². The molecule has 0 atom stereocenters. The quantitative estimate of drug-likeness (QED) is 0.515. The van der Waals surface area contributed by atoms with E-state index in [1.165, 1.54) is 31.4 Å². The Morgan fingerprint density at radius 1 is 1.06 bits per heavy atom. The van der Waals surface area contributed by atoms with Gasteiger partial charge in [-0.25, -0.2) is 0 Å². The molecule has 0 aliphatic rings. The molecule has 0 N–H and O–H groups in total. The van der Waals surface area contributed by atoms with Crippen molar-refractivity contribution in [2.75, 3.05) is 18.4 Å². The highest BCUT2D eigenvalue weighted by Crippen LogP contribution is 2.07. The monoisotopic (exact) mass is 297 g/mol. The van der Waals surface area contributed by atoms with Crippen LogP contribution in [0.4, 0.5) is 0 Å². The standard InChI is InChI=1S/C15H24BrN/c1-14(2)17(13-11-16)12-7-6-10-15-8-4-3-5-9-15/h3-5,8-9,14H,6-7,10-13H2,1-2H3. The Labute approximate surface area is 114 Å². The predicted molar refractivity (Wildman–Crippen MR) is 79.9 cm³/mol. The fourth-order valence-corrected chi connectivity index (χ4v) is 2.48. The summed E-state index contributed by atoms with van der Waals surface area (Å²) in [6.07, 6.45) is 3.79. The van der Waals surface area contributed by atoms with Crippen LogP contribution in [0.3, 0.4) is 0 Å². The van der Waals surface area contributed by atoms with Crippen molar-refractivity contribution in [2.24, 2.45) is 0 Å². The predicted octanol–water partition coefficient (Wildman–Crippen LogP) is 4.11. The van der Waals surface area contributed by atoms with Gasteiger partial charge in [0.1, 0.15) is 0 Å². The highest BCUT2D eigenvalue weighted by molar-refractivity contribution is 9.09. The van der Waals surface area contributed by atoms with Crippen molar-refractivity contribution in [3.8, 4) is 0 Å². The summed E-state index contributed by atoms with van der Waals surface area (Å²) in [5, 5.41) is 1.07. The van der Waals surface area contributed by atoms with Gasteiger partial charge in [-0.05, 0) is 45.2 Å². The van der Waals surface area contributed by atoms with E-state index in [9.17, 15) is 0 Å². The van der Waals surface area contributed by atoms with E-state index in [0.717, 1.165) is 11.9 Å². The molecule has 0 spiro atoms. The van der Waals surface area contributed by atoms with Crippen LogP contribution in [0.15, 0.2) is 30.3 Å². The van der Waals surface area contributed by atoms with Gasteiger partial charge < -0.3 is 4.90 Å². The molecule has 96 valence electrons. The van der Waals surface area contributed by atoms with E-state index in [0.29, 0.717) is 6.04 Å². The van der Waals surface area contributed by atoms with Gasteiger partial charge in [0.25, 0.3) is 0 Å². The zero-order valence-electron chi connectivity index (χ0n) is 11.0. The Bertz CT molecular complexity index is 284. The highest BCUT2D eigenvalue weighted by Gasteiger charge is 2.07. The molecule has 0 fully saturated rings. The maximum atomic E-state index is 3.52. The van der Waals surface area contributed by atoms with Crippen LogP contribution < -0.4 is 0 Å². The van der Waals surface area contributed by atoms with Crippen LogP contribution in [0.2, 0.25) is 0 Å². The number of alkyl halides is 1. The van der Waals surface area contributed by atoms with Gasteiger partial charge in [0, 0.05) is 17.9 Å². The van der Waals surface area contributed by atoms with Crippen molar-refractivity contribution in [2.45, 2.75) is 39.2 Å². The van der Waals surface area contributed by atoms with Crippen LogP contribution in [-0.2, 0) is 6.42 Å². The number of aryl methyl sites for hydroxylation is 1. The molecule has 0 amide bonds. The molecule has 2 heteroatoms. The molecular weight excluding hydrogens is 274 g/mol. The van der Waals surface area contributed by atoms with Gasteiger partial charge in [0.15, 0.2) is 0 Å². The maximum Gasteiger partial charge on any atom is 0.0159 e. The lowest BCUT2D eigenvalue weighted by Crippen LogP contribution is -2.33. The molecule has 17 heavy (non-hydrogen) atoms. The molecule has 1 nitrogen and oxygen atoms in total. The van der Waals surface area contributed by atoms with Gasteiger partial charge in [-0.2, -0.15) is 0 Å². The average molecular weight is 298 g/mol. The van der Waals surface area contributed by atoms with E-state index in [4.69, 9.17) is 0 Å². The lowest BCUT2D eigenvalue weighted by Gasteiger charge is -2.25. The molecule has 1 rings (SSSR count). The third kappa shape index (κ3) is 6.23. The summed E-state index contributed by atoms with van der Waals surface area (Å²) in [5.41, 5.74) is 1.46. The number of halogens is 1. The fourth-order valence-electron chi connectivity index (χ4n) is 2.03. The van der Waals surface area contributed by atoms with E-state index in [-0.39, 0.29) is 0 Å². The van der Waals surface area contributed by atoms with Crippen LogP contribution in [0.5, 0.6) is 0 Å². The third-order valence-electron chi connectivity index (χ3n) is 3.11. The summed E-state index contributed by atoms with van der Waals surface area (Å²) in [6, 6.07) is 11.4. The van der Waals surface area contributed by atoms with Crippen LogP contribution in [0.25, 0.3) is 0 Å². The first-order valence-electron chi connectivity index (χ1n) is 6.58. The van der Waals surface area contributed by atoms with E-state index in [2.05, 4.69) is 65.0 Å². The van der Waals surface area contributed by atoms with E-state index < -0.39 is 0 Å². The molecular formula is C15H24BrN. The van der Waals surface area contributed by atoms with Crippen molar-refractivity contribution >= 4 is 15.9 Å². The Kier molecular flexibility index (Phi) is 7.54. The summed E-state index contributed by atoms with van der Waals surface area (Å²) in [6.45, 7) is 6.93. The van der Waals surface area contributed by atoms with Crippen molar-refractivity contribution in [3.63, 3.8) is 0 Å². The molecule has 0 aromatic heterocycles. The minimum Gasteiger partial charge on any atom is -0.300 e. The lowest BCUT2D eigenvalue weighted by molar-refractivity contribution is 0.232. The van der Waals surface area contributed by atoms with Crippen molar-refractivity contribution in [3.05, 3.63) is 35.9 Å². The summed E-state index contributed by atoms with van der Waals surface area (Å²) < 4.78 is 0. The van der Waals surface area contributed by atoms with Gasteiger partial charge >= 0.3 is 0 Å². The van der Waals surface area contributed by atoms with Crippen LogP contribution in [0.1, 0.15) is 32.3 Å². The number of nitrogens with zero attached hydrogens (tertiary/aromatic N) is 1. The number of unbranched alkanes of at least 4 members (excludes halogenated alkanes) is 1. The molecule has 0 heterocycles. The molecule has 0 aliphatic heterocycles. The number of hydrogen-bond acceptors (Lipinski definition) is 1. The van der Waals surface area contributed by atoms with Crippen molar-refractivity contribution < 1.29 is 0 Å². The summed E-state index contributed by atoms with van der Waals surface area (Å²) in [5.74, 6) is 0. The molecule has 1 aromatic rings. The van der Waals surface area contributed by atoms with Crippen LogP contribution in [0, 0.1) is 0 Å². The summed E-state index contributed by atoms with van der Waals surface area (Å²) in [7, 11) is 0. The third-order valence-corrected chi connectivity index (χ3v) is 3.46. The first kappa shape index (κ1) is 14.7. The number of rotatable bonds is 8. The molecule has 0 saturated carbocycles. The molecule has 0 radical (unpaired) electrons. The van der Waals surface area contributed by atoms with Crippen molar-refractivity contribution in [1.82, 2.24) is 4.90 Å². The smallest absolute Gasteiger partial charge is 0.0159 e. The topological polar surface area (TPSA) is 3.24 Å². The second-order valence-electron chi connectivity index (χ2n) is 4.76. The second kappa shape index (κ2) is 8.71. The number of hydrogen-bond donors (Lipinski definition) is 0. The van der Waals surface area contributed by atoms with E-state index in [1.54, 1.807) is 0 Å². The molecule has 0 unspecified atom stereocenters. The molecule has 1 aromatic carbocycles. The first-order chi connectivity index (χ1) is 8.24. The summed E-state index contributed by atoms with van der Waals surface area (Å²) in [4.78, 5) is 2.54. The Balaban J connectivity index is 2.18. The van der Waals surface area contributed by atoms with Crippen molar-refractivity contribution in [1.29, 1.82) is 0 Å². The number of benzene rings is 1. The zero-order chi connectivity index (χ0) is 12.5. The second-order valence-corrected chi connectivity index (χ2v) is 5.55. The van der Waals surface area contributed by atoms with E-state index >= 15 is 0 Å². The zero-order valence-corrected chi connectivity index (χ0v) is 12.6. The Hall–Kier alpha value is -0.340. The Morgan fingerprint density at radius 2 is 1.76 bits per heavy atom. The van der Waals surface area contributed by atoms with Gasteiger partial charge in [0.05, 0.1) is 0 Å². The molecule has 0 bridgehead atoms. The summed E-state index contributed by atoms with van der Waals surface area (Å²) >= 11 is 3.52. The largest absolute Gasteiger partial charge is 0.300 e. The van der Waals surface area contributed by atoms with Gasteiger partial charge in [-0.1, -0.05) is 46.3 Å².